The van der Waals surface area contributed by atoms with Crippen LogP contribution in [0, 0.1) is 6.92 Å². The zero-order chi connectivity index (χ0) is 23.2. The average Bonchev–Trinajstić information content (AvgIpc) is 3.29. The molecule has 0 bridgehead atoms. The van der Waals surface area contributed by atoms with Crippen molar-refractivity contribution in [3.8, 4) is 17.1 Å². The second-order valence-electron chi connectivity index (χ2n) is 8.31. The monoisotopic (exact) mass is 451 g/mol. The SMILES string of the molecule is Cc1cnc(NC2CCC(O)CC2)nc1-c1c[nH]c(OC(=O)NC(CO)c2ccccc2)c1. The number of ether oxygens (including phenoxy) is 1. The number of carbonyl (C=O) groups excluding carboxylic acids is 1. The average molecular weight is 452 g/mol. The lowest BCUT2D eigenvalue weighted by atomic mass is 9.93. The summed E-state index contributed by atoms with van der Waals surface area (Å²) < 4.78 is 5.37. The van der Waals surface area contributed by atoms with Crippen LogP contribution in [0.2, 0.25) is 0 Å². The number of carbonyl (C=O) groups is 1. The smallest absolute Gasteiger partial charge is 0.394 e. The van der Waals surface area contributed by atoms with Gasteiger partial charge in [-0.1, -0.05) is 30.3 Å². The van der Waals surface area contributed by atoms with E-state index in [2.05, 4.69) is 25.6 Å². The van der Waals surface area contributed by atoms with Crippen molar-refractivity contribution in [3.63, 3.8) is 0 Å². The first-order valence-corrected chi connectivity index (χ1v) is 11.1. The van der Waals surface area contributed by atoms with Crippen molar-refractivity contribution in [2.24, 2.45) is 0 Å². The van der Waals surface area contributed by atoms with Crippen LogP contribution in [0.15, 0.2) is 48.8 Å². The molecular formula is C24H29N5O4. The second-order valence-corrected chi connectivity index (χ2v) is 8.31. The number of nitrogens with one attached hydrogen (secondary N) is 3. The Hall–Kier alpha value is -3.43. The highest BCUT2D eigenvalue weighted by Gasteiger charge is 2.21. The molecule has 1 aliphatic carbocycles. The van der Waals surface area contributed by atoms with Crippen LogP contribution in [0.3, 0.4) is 0 Å². The molecule has 0 spiro atoms. The summed E-state index contributed by atoms with van der Waals surface area (Å²) in [5.74, 6) is 0.799. The van der Waals surface area contributed by atoms with Crippen LogP contribution in [-0.4, -0.2) is 50.0 Å². The fourth-order valence-electron chi connectivity index (χ4n) is 3.97. The van der Waals surface area contributed by atoms with Gasteiger partial charge in [-0.05, 0) is 43.7 Å². The predicted molar refractivity (Wildman–Crippen MR) is 124 cm³/mol. The van der Waals surface area contributed by atoms with Crippen LogP contribution >= 0.6 is 0 Å². The number of rotatable bonds is 7. The lowest BCUT2D eigenvalue weighted by Crippen LogP contribution is -2.33. The molecule has 1 saturated carbocycles. The van der Waals surface area contributed by atoms with Gasteiger partial charge in [-0.3, -0.25) is 0 Å². The van der Waals surface area contributed by atoms with E-state index < -0.39 is 12.1 Å². The largest absolute Gasteiger partial charge is 0.414 e. The Balaban J connectivity index is 1.40. The standard InChI is InChI=1S/C24H29N5O4/c1-15-12-26-23(27-18-7-9-19(31)10-8-18)29-22(15)17-11-21(25-13-17)33-24(32)28-20(14-30)16-5-3-2-4-6-16/h2-6,11-13,18-20,25,30-31H,7-10,14H2,1H3,(H,28,32)(H,26,27,29). The number of hydrogen-bond acceptors (Lipinski definition) is 7. The summed E-state index contributed by atoms with van der Waals surface area (Å²) >= 11 is 0. The van der Waals surface area contributed by atoms with Gasteiger partial charge in [-0.25, -0.2) is 14.8 Å². The van der Waals surface area contributed by atoms with E-state index in [9.17, 15) is 15.0 Å². The van der Waals surface area contributed by atoms with Crippen molar-refractivity contribution in [2.75, 3.05) is 11.9 Å². The number of H-pyrrole nitrogens is 1. The van der Waals surface area contributed by atoms with E-state index in [-0.39, 0.29) is 24.6 Å². The number of aliphatic hydroxyl groups is 2. The number of aliphatic hydroxyl groups excluding tert-OH is 2. The number of nitrogens with zero attached hydrogens (tertiary/aromatic N) is 2. The van der Waals surface area contributed by atoms with E-state index in [1.54, 1.807) is 18.5 Å². The molecule has 0 saturated heterocycles. The van der Waals surface area contributed by atoms with Crippen LogP contribution in [0.4, 0.5) is 10.7 Å². The first kappa shape index (κ1) is 22.8. The lowest BCUT2D eigenvalue weighted by molar-refractivity contribution is 0.126. The van der Waals surface area contributed by atoms with E-state index in [1.165, 1.54) is 0 Å². The van der Waals surface area contributed by atoms with Gasteiger partial charge in [0.2, 0.25) is 11.8 Å². The fourth-order valence-corrected chi connectivity index (χ4v) is 3.97. The van der Waals surface area contributed by atoms with Crippen LogP contribution in [0.1, 0.15) is 42.9 Å². The molecule has 174 valence electrons. The first-order valence-electron chi connectivity index (χ1n) is 11.1. The minimum absolute atomic E-state index is 0.214. The minimum atomic E-state index is -0.674. The molecule has 1 amide bonds. The van der Waals surface area contributed by atoms with Gasteiger partial charge >= 0.3 is 6.09 Å². The van der Waals surface area contributed by atoms with Gasteiger partial charge in [-0.15, -0.1) is 0 Å². The Morgan fingerprint density at radius 2 is 2.00 bits per heavy atom. The van der Waals surface area contributed by atoms with Crippen molar-refractivity contribution >= 4 is 12.0 Å². The summed E-state index contributed by atoms with van der Waals surface area (Å²) in [6, 6.07) is 10.6. The first-order chi connectivity index (χ1) is 16.0. The third kappa shape index (κ3) is 5.88. The molecule has 33 heavy (non-hydrogen) atoms. The van der Waals surface area contributed by atoms with Crippen molar-refractivity contribution in [2.45, 2.75) is 50.8 Å². The Morgan fingerprint density at radius 3 is 2.73 bits per heavy atom. The third-order valence-corrected chi connectivity index (χ3v) is 5.81. The molecule has 1 unspecified atom stereocenters. The normalized spacial score (nSPS) is 19.0. The highest BCUT2D eigenvalue weighted by atomic mass is 16.6. The Labute approximate surface area is 192 Å². The number of aromatic nitrogens is 3. The number of aryl methyl sites for hydroxylation is 1. The maximum absolute atomic E-state index is 12.3. The minimum Gasteiger partial charge on any atom is -0.394 e. The zero-order valence-electron chi connectivity index (χ0n) is 18.5. The van der Waals surface area contributed by atoms with Crippen LogP contribution < -0.4 is 15.4 Å². The molecular weight excluding hydrogens is 422 g/mol. The quantitative estimate of drug-likeness (QED) is 0.372. The van der Waals surface area contributed by atoms with Gasteiger partial charge in [0, 0.05) is 30.1 Å². The fraction of sp³-hybridized carbons (Fsp3) is 0.375. The summed E-state index contributed by atoms with van der Waals surface area (Å²) in [6.45, 7) is 1.67. The van der Waals surface area contributed by atoms with Crippen molar-refractivity contribution in [3.05, 3.63) is 59.9 Å². The summed E-state index contributed by atoms with van der Waals surface area (Å²) in [4.78, 5) is 24.3. The predicted octanol–water partition coefficient (Wildman–Crippen LogP) is 3.32. The summed E-state index contributed by atoms with van der Waals surface area (Å²) in [5, 5.41) is 25.3. The van der Waals surface area contributed by atoms with E-state index in [1.807, 2.05) is 37.3 Å². The Bertz CT molecular complexity index is 1060. The topological polar surface area (TPSA) is 132 Å². The van der Waals surface area contributed by atoms with Crippen LogP contribution in [0.25, 0.3) is 11.3 Å². The summed E-state index contributed by atoms with van der Waals surface area (Å²) in [7, 11) is 0. The molecule has 1 fully saturated rings. The van der Waals surface area contributed by atoms with E-state index in [0.29, 0.717) is 5.95 Å². The lowest BCUT2D eigenvalue weighted by Gasteiger charge is -2.26. The van der Waals surface area contributed by atoms with Gasteiger partial charge < -0.3 is 30.6 Å². The third-order valence-electron chi connectivity index (χ3n) is 5.81. The van der Waals surface area contributed by atoms with Gasteiger partial charge in [0.25, 0.3) is 0 Å². The van der Waals surface area contributed by atoms with Crippen LogP contribution in [-0.2, 0) is 0 Å². The number of amides is 1. The molecule has 2 heterocycles. The molecule has 0 radical (unpaired) electrons. The molecule has 0 aliphatic heterocycles. The number of anilines is 1. The summed E-state index contributed by atoms with van der Waals surface area (Å²) in [5.41, 5.74) is 3.17. The van der Waals surface area contributed by atoms with Crippen molar-refractivity contribution < 1.29 is 19.7 Å². The maximum atomic E-state index is 12.3. The molecule has 9 nitrogen and oxygen atoms in total. The molecule has 9 heteroatoms. The number of hydrogen-bond donors (Lipinski definition) is 5. The molecule has 2 aromatic heterocycles. The number of aromatic amines is 1. The maximum Gasteiger partial charge on any atom is 0.414 e. The number of benzene rings is 1. The Kier molecular flexibility index (Phi) is 7.21. The van der Waals surface area contributed by atoms with Gasteiger partial charge in [0.15, 0.2) is 0 Å². The van der Waals surface area contributed by atoms with Gasteiger partial charge in [-0.2, -0.15) is 0 Å². The van der Waals surface area contributed by atoms with Crippen molar-refractivity contribution in [1.29, 1.82) is 0 Å². The van der Waals surface area contributed by atoms with E-state index >= 15 is 0 Å². The van der Waals surface area contributed by atoms with Crippen LogP contribution in [0.5, 0.6) is 5.88 Å². The molecule has 3 aromatic rings. The van der Waals surface area contributed by atoms with E-state index in [4.69, 9.17) is 4.74 Å². The molecule has 1 aromatic carbocycles. The molecule has 5 N–H and O–H groups in total. The van der Waals surface area contributed by atoms with Crippen molar-refractivity contribution in [1.82, 2.24) is 20.3 Å². The van der Waals surface area contributed by atoms with E-state index in [0.717, 1.165) is 48.1 Å². The second kappa shape index (κ2) is 10.5. The molecule has 1 atom stereocenters. The highest BCUT2D eigenvalue weighted by Crippen LogP contribution is 2.27. The van der Waals surface area contributed by atoms with Gasteiger partial charge in [0.05, 0.1) is 24.4 Å². The molecule has 4 rings (SSSR count). The molecule has 1 aliphatic rings. The van der Waals surface area contributed by atoms with Gasteiger partial charge in [0.1, 0.15) is 0 Å². The zero-order valence-corrected chi connectivity index (χ0v) is 18.5. The highest BCUT2D eigenvalue weighted by molar-refractivity contribution is 5.72. The Morgan fingerprint density at radius 1 is 1.24 bits per heavy atom. The summed E-state index contributed by atoms with van der Waals surface area (Å²) in [6.07, 6.45) is 5.90.